The van der Waals surface area contributed by atoms with Crippen LogP contribution in [0, 0.1) is 50.2 Å². The molecule has 0 radical (unpaired) electrons. The molecule has 21 heteroatoms. The lowest BCUT2D eigenvalue weighted by Gasteiger charge is -2.71. The van der Waals surface area contributed by atoms with Crippen molar-refractivity contribution in [2.24, 2.45) is 50.2 Å². The summed E-state index contributed by atoms with van der Waals surface area (Å²) < 4.78 is 48.7. The second kappa shape index (κ2) is 20.0. The molecule has 0 spiro atoms. The molecule has 0 bridgehead atoms. The summed E-state index contributed by atoms with van der Waals surface area (Å²) in [6.07, 6.45) is -17.2. The van der Waals surface area contributed by atoms with Gasteiger partial charge in [0.15, 0.2) is 25.2 Å². The zero-order valence-corrected chi connectivity index (χ0v) is 43.3. The Hall–Kier alpha value is -1.55. The van der Waals surface area contributed by atoms with Gasteiger partial charge in [0.2, 0.25) is 0 Å². The Kier molecular flexibility index (Phi) is 15.4. The molecule has 12 N–H and O–H groups in total. The zero-order chi connectivity index (χ0) is 53.2. The van der Waals surface area contributed by atoms with Crippen molar-refractivity contribution in [3.05, 3.63) is 11.6 Å². The summed E-state index contributed by atoms with van der Waals surface area (Å²) in [4.78, 5) is 13.2. The second-order valence-corrected chi connectivity index (χ2v) is 25.5. The van der Waals surface area contributed by atoms with Crippen molar-refractivity contribution in [3.8, 4) is 0 Å². The van der Waals surface area contributed by atoms with Crippen molar-refractivity contribution in [1.82, 2.24) is 0 Å². The molecule has 418 valence electrons. The number of aliphatic hydroxyl groups excluding tert-OH is 10. The minimum atomic E-state index is -2.12. The SMILES string of the molecule is CC1(C)CC[C@@]2(C(=O)O)CC[C@@]3(C)C(=CC[C@@H]4[C@@]5(C)CC[C@@H](O[C@H]6OC[C@H](O)[C@H](O[C@H]7O[C@@H](CO)[C@@H](O)[C@H](O[C@@H]8OC[C@@](O)(CO)[C@@H]8O)[C@H]7O)[C@H]6O[C@H]6O[C@@H](CO)[C@H](O)[C@H](O)[C@@H]6O)C(C)(C)[C@@H]5CC[C@@]43C)[C@H]2C1. The van der Waals surface area contributed by atoms with E-state index < -0.39 is 160 Å². The quantitative estimate of drug-likeness (QED) is 0.0890. The van der Waals surface area contributed by atoms with Crippen LogP contribution in [-0.2, 0) is 42.7 Å². The van der Waals surface area contributed by atoms with Crippen LogP contribution in [0.3, 0.4) is 0 Å². The Morgan fingerprint density at radius 3 is 1.93 bits per heavy atom. The summed E-state index contributed by atoms with van der Waals surface area (Å²) in [5.41, 5.74) is -2.45. The number of aliphatic carboxylic acids is 1. The number of hydrogen-bond donors (Lipinski definition) is 12. The van der Waals surface area contributed by atoms with Crippen molar-refractivity contribution < 1.29 is 104 Å². The Balaban J connectivity index is 0.987. The standard InChI is InChI=1S/C52H84O21/c1-46(2)14-16-51(45(63)64)17-15-49(6)24(25(51)18-46)8-9-30-48(5)12-11-31(47(3,4)29(48)10-13-50(30,49)7)70-43-39(73-41-35(60)34(59)32(57)27(19-53)68-41)37(26(56)21-66-43)71-42-36(61)38(33(58)28(20-54)69-42)72-44-40(62)52(65,22-55)23-67-44/h8,25-44,53-62,65H,9-23H2,1-7H3,(H,63,64)/t25-,26+,27+,28+,29+,30-,31-,32+,33-,34+,35+,36-,37+,38+,39-,40-,41-,42-,43-,44+,48+,49+,50+,51-,52+/m1/s1. The molecular formula is C52H84O21. The van der Waals surface area contributed by atoms with Crippen LogP contribution in [0.15, 0.2) is 11.6 Å². The van der Waals surface area contributed by atoms with E-state index in [-0.39, 0.29) is 39.4 Å². The van der Waals surface area contributed by atoms with E-state index in [9.17, 15) is 66.1 Å². The Bertz CT molecular complexity index is 2020. The maximum Gasteiger partial charge on any atom is 0.310 e. The van der Waals surface area contributed by atoms with Gasteiger partial charge in [-0.25, -0.2) is 0 Å². The topological polar surface area (TPSA) is 334 Å². The molecule has 0 aromatic heterocycles. The number of rotatable bonds is 12. The fourth-order valence-corrected chi connectivity index (χ4v) is 16.1. The zero-order valence-electron chi connectivity index (χ0n) is 43.3. The number of aliphatic hydroxyl groups is 11. The molecule has 5 aliphatic carbocycles. The third kappa shape index (κ3) is 9.01. The van der Waals surface area contributed by atoms with E-state index in [1.54, 1.807) is 0 Å². The number of carbonyl (C=O) groups is 1. The molecule has 21 nitrogen and oxygen atoms in total. The van der Waals surface area contributed by atoms with Gasteiger partial charge in [-0.3, -0.25) is 4.79 Å². The predicted octanol–water partition coefficient (Wildman–Crippen LogP) is -0.190. The van der Waals surface area contributed by atoms with E-state index in [0.717, 1.165) is 44.9 Å². The molecule has 8 fully saturated rings. The maximum absolute atomic E-state index is 13.2. The summed E-state index contributed by atoms with van der Waals surface area (Å²) in [5, 5.41) is 129. The van der Waals surface area contributed by atoms with Gasteiger partial charge in [0.25, 0.3) is 0 Å². The van der Waals surface area contributed by atoms with Crippen LogP contribution in [0.1, 0.15) is 113 Å². The molecule has 0 aromatic rings. The number of allylic oxidation sites excluding steroid dienone is 2. The van der Waals surface area contributed by atoms with Crippen LogP contribution >= 0.6 is 0 Å². The summed E-state index contributed by atoms with van der Waals surface area (Å²) in [5.74, 6) is -0.267. The van der Waals surface area contributed by atoms with Gasteiger partial charge in [-0.15, -0.1) is 0 Å². The number of carboxylic acids is 1. The van der Waals surface area contributed by atoms with Crippen molar-refractivity contribution in [1.29, 1.82) is 0 Å². The molecule has 9 aliphatic rings. The first-order valence-electron chi connectivity index (χ1n) is 26.6. The summed E-state index contributed by atoms with van der Waals surface area (Å²) in [7, 11) is 0. The average molecular weight is 1050 g/mol. The molecule has 4 saturated carbocycles. The van der Waals surface area contributed by atoms with E-state index in [1.165, 1.54) is 5.57 Å². The highest BCUT2D eigenvalue weighted by Crippen LogP contribution is 2.76. The van der Waals surface area contributed by atoms with Crippen molar-refractivity contribution >= 4 is 5.97 Å². The second-order valence-electron chi connectivity index (χ2n) is 25.5. The number of ether oxygens (including phenoxy) is 8. The summed E-state index contributed by atoms with van der Waals surface area (Å²) >= 11 is 0. The molecule has 4 saturated heterocycles. The third-order valence-electron chi connectivity index (χ3n) is 20.8. The fourth-order valence-electron chi connectivity index (χ4n) is 16.1. The lowest BCUT2D eigenvalue weighted by atomic mass is 9.33. The van der Waals surface area contributed by atoms with Crippen molar-refractivity contribution in [2.75, 3.05) is 33.0 Å². The number of carboxylic acid groups (broad SMARTS) is 1. The van der Waals surface area contributed by atoms with Crippen LogP contribution in [0.2, 0.25) is 0 Å². The molecule has 25 atom stereocenters. The Labute approximate surface area is 426 Å². The van der Waals surface area contributed by atoms with E-state index in [4.69, 9.17) is 37.9 Å². The highest BCUT2D eigenvalue weighted by Gasteiger charge is 2.70. The van der Waals surface area contributed by atoms with Crippen LogP contribution < -0.4 is 0 Å². The van der Waals surface area contributed by atoms with Crippen molar-refractivity contribution in [3.63, 3.8) is 0 Å². The molecule has 4 aliphatic heterocycles. The molecule has 73 heavy (non-hydrogen) atoms. The highest BCUT2D eigenvalue weighted by atomic mass is 16.8. The minimum Gasteiger partial charge on any atom is -0.481 e. The molecule has 4 heterocycles. The van der Waals surface area contributed by atoms with Gasteiger partial charge in [-0.2, -0.15) is 0 Å². The van der Waals surface area contributed by atoms with Crippen LogP contribution in [-0.4, -0.2) is 210 Å². The van der Waals surface area contributed by atoms with E-state index in [2.05, 4.69) is 54.5 Å². The van der Waals surface area contributed by atoms with Gasteiger partial charge in [0.05, 0.1) is 44.6 Å². The molecular weight excluding hydrogens is 961 g/mol. The van der Waals surface area contributed by atoms with Gasteiger partial charge < -0.3 is 99.2 Å². The fraction of sp³-hybridized carbons (Fsp3) is 0.942. The van der Waals surface area contributed by atoms with E-state index >= 15 is 0 Å². The van der Waals surface area contributed by atoms with Gasteiger partial charge in [0.1, 0.15) is 78.8 Å². The van der Waals surface area contributed by atoms with Gasteiger partial charge in [0, 0.05) is 0 Å². The maximum atomic E-state index is 13.2. The highest BCUT2D eigenvalue weighted by molar-refractivity contribution is 5.76. The van der Waals surface area contributed by atoms with Gasteiger partial charge >= 0.3 is 5.97 Å². The largest absolute Gasteiger partial charge is 0.481 e. The summed E-state index contributed by atoms with van der Waals surface area (Å²) in [6, 6.07) is 0. The van der Waals surface area contributed by atoms with E-state index in [1.807, 2.05) is 0 Å². The molecule has 9 rings (SSSR count). The average Bonchev–Trinajstić information content (AvgIpc) is 3.62. The van der Waals surface area contributed by atoms with Gasteiger partial charge in [-0.05, 0) is 109 Å². The number of fused-ring (bicyclic) bond motifs is 7. The normalized spacial score (nSPS) is 53.5. The lowest BCUT2D eigenvalue weighted by Crippen LogP contribution is -2.67. The smallest absolute Gasteiger partial charge is 0.310 e. The molecule has 0 amide bonds. The summed E-state index contributed by atoms with van der Waals surface area (Å²) in [6.45, 7) is 12.7. The molecule has 0 aromatic carbocycles. The van der Waals surface area contributed by atoms with Crippen LogP contribution in [0.5, 0.6) is 0 Å². The molecule has 0 unspecified atom stereocenters. The predicted molar refractivity (Wildman–Crippen MR) is 251 cm³/mol. The first-order valence-corrected chi connectivity index (χ1v) is 26.6. The van der Waals surface area contributed by atoms with Crippen LogP contribution in [0.25, 0.3) is 0 Å². The first kappa shape index (κ1) is 56.2. The Morgan fingerprint density at radius 1 is 0.658 bits per heavy atom. The van der Waals surface area contributed by atoms with Crippen molar-refractivity contribution in [2.45, 2.75) is 223 Å². The lowest BCUT2D eigenvalue weighted by molar-refractivity contribution is -0.393. The van der Waals surface area contributed by atoms with Gasteiger partial charge in [-0.1, -0.05) is 60.1 Å². The number of hydrogen-bond acceptors (Lipinski definition) is 20. The monoisotopic (exact) mass is 1040 g/mol. The Morgan fingerprint density at radius 2 is 1.29 bits per heavy atom. The van der Waals surface area contributed by atoms with E-state index in [0.29, 0.717) is 19.3 Å². The third-order valence-corrected chi connectivity index (χ3v) is 20.8. The first-order chi connectivity index (χ1) is 34.2. The van der Waals surface area contributed by atoms with Crippen LogP contribution in [0.4, 0.5) is 0 Å². The minimum absolute atomic E-state index is 0.0161.